The van der Waals surface area contributed by atoms with Crippen LogP contribution in [-0.2, 0) is 28.6 Å². The van der Waals surface area contributed by atoms with E-state index in [2.05, 4.69) is 43.1 Å². The van der Waals surface area contributed by atoms with Crippen LogP contribution in [0.5, 0.6) is 0 Å². The number of ketones is 1. The number of amides is 2. The standard InChI is InChI=1S/C24H35NO5.C2H5NO/c1-16(5-8-20-14-24(15-29-24)11-12-28-20)6-9-22-17(2)13-21(19(4)30-22)25-23(27)10-7-18(3)26;1-2(3)4/h5-8,10,17,19-22H,9,11-15H2,1-4H3,(H,25,27);1H3,(H2,3,4)/b8-5+,10-7-,16-6+;. The van der Waals surface area contributed by atoms with Crippen molar-refractivity contribution in [3.63, 3.8) is 0 Å². The van der Waals surface area contributed by atoms with E-state index in [-0.39, 0.29) is 47.6 Å². The van der Waals surface area contributed by atoms with Gasteiger partial charge in [-0.15, -0.1) is 0 Å². The Hall–Kier alpha value is -2.29. The number of hydrogen-bond acceptors (Lipinski definition) is 6. The monoisotopic (exact) mass is 476 g/mol. The third-order valence-corrected chi connectivity index (χ3v) is 6.27. The highest BCUT2D eigenvalue weighted by atomic mass is 16.6. The SMILES string of the molecule is CC(=O)/C=C\C(=O)NC1CC(C)C(C/C=C(C)/C=C/C2CC3(CCO2)CO3)OC1C.CC(N)=O. The molecule has 0 radical (unpaired) electrons. The van der Waals surface area contributed by atoms with Gasteiger partial charge in [-0.25, -0.2) is 0 Å². The zero-order valence-corrected chi connectivity index (χ0v) is 21.0. The number of carbonyl (C=O) groups excluding carboxylic acids is 3. The molecule has 0 aliphatic carbocycles. The molecule has 3 rings (SSSR count). The molecular formula is C26H40N2O6. The fourth-order valence-corrected chi connectivity index (χ4v) is 4.18. The lowest BCUT2D eigenvalue weighted by Crippen LogP contribution is -2.50. The Bertz CT molecular complexity index is 810. The molecule has 0 bridgehead atoms. The molecule has 34 heavy (non-hydrogen) atoms. The van der Waals surface area contributed by atoms with E-state index in [1.165, 1.54) is 31.6 Å². The molecule has 6 unspecified atom stereocenters. The van der Waals surface area contributed by atoms with E-state index in [1.807, 2.05) is 6.92 Å². The van der Waals surface area contributed by atoms with E-state index in [0.717, 1.165) is 38.9 Å². The molecule has 8 nitrogen and oxygen atoms in total. The lowest BCUT2D eigenvalue weighted by molar-refractivity contribution is -0.124. The lowest BCUT2D eigenvalue weighted by atomic mass is 9.88. The van der Waals surface area contributed by atoms with Crippen molar-refractivity contribution in [3.8, 4) is 0 Å². The third-order valence-electron chi connectivity index (χ3n) is 6.27. The van der Waals surface area contributed by atoms with Crippen molar-refractivity contribution < 1.29 is 28.6 Å². The Kier molecular flexibility index (Phi) is 10.7. The summed E-state index contributed by atoms with van der Waals surface area (Å²) in [5.74, 6) is -0.400. The van der Waals surface area contributed by atoms with Gasteiger partial charge in [0.2, 0.25) is 11.8 Å². The molecule has 0 aromatic carbocycles. The number of allylic oxidation sites excluding steroid dienone is 3. The summed E-state index contributed by atoms with van der Waals surface area (Å²) >= 11 is 0. The van der Waals surface area contributed by atoms with Gasteiger partial charge in [0.1, 0.15) is 0 Å². The number of ether oxygens (including phenoxy) is 3. The van der Waals surface area contributed by atoms with Gasteiger partial charge >= 0.3 is 0 Å². The van der Waals surface area contributed by atoms with Crippen LogP contribution in [0.1, 0.15) is 60.3 Å². The minimum absolute atomic E-state index is 0.0502. The zero-order chi connectivity index (χ0) is 25.3. The minimum Gasteiger partial charge on any atom is -0.374 e. The smallest absolute Gasteiger partial charge is 0.244 e. The van der Waals surface area contributed by atoms with E-state index in [9.17, 15) is 14.4 Å². The highest BCUT2D eigenvalue weighted by Gasteiger charge is 2.48. The van der Waals surface area contributed by atoms with E-state index in [1.54, 1.807) is 0 Å². The molecule has 0 aromatic heterocycles. The number of carbonyl (C=O) groups is 3. The maximum atomic E-state index is 12.0. The Morgan fingerprint density at radius 3 is 2.41 bits per heavy atom. The maximum absolute atomic E-state index is 12.0. The molecule has 1 spiro atoms. The fourth-order valence-electron chi connectivity index (χ4n) is 4.18. The number of epoxide rings is 1. The molecule has 3 aliphatic rings. The second-order valence-corrected chi connectivity index (χ2v) is 9.64. The molecule has 6 atom stereocenters. The van der Waals surface area contributed by atoms with Crippen LogP contribution >= 0.6 is 0 Å². The van der Waals surface area contributed by atoms with Crippen molar-refractivity contribution in [2.75, 3.05) is 13.2 Å². The van der Waals surface area contributed by atoms with Gasteiger partial charge in [-0.1, -0.05) is 30.7 Å². The summed E-state index contributed by atoms with van der Waals surface area (Å²) in [6.07, 6.45) is 12.9. The molecule has 3 heterocycles. The van der Waals surface area contributed by atoms with Gasteiger partial charge < -0.3 is 25.3 Å². The van der Waals surface area contributed by atoms with Gasteiger partial charge in [-0.3, -0.25) is 14.4 Å². The average Bonchev–Trinajstić information content (AvgIpc) is 3.49. The molecule has 8 heteroatoms. The van der Waals surface area contributed by atoms with Crippen LogP contribution in [0.25, 0.3) is 0 Å². The van der Waals surface area contributed by atoms with Gasteiger partial charge in [0, 0.05) is 25.8 Å². The highest BCUT2D eigenvalue weighted by Crippen LogP contribution is 2.39. The number of nitrogens with two attached hydrogens (primary N) is 1. The molecule has 3 aliphatic heterocycles. The van der Waals surface area contributed by atoms with E-state index in [4.69, 9.17) is 14.2 Å². The van der Waals surface area contributed by atoms with Crippen LogP contribution < -0.4 is 11.1 Å². The van der Waals surface area contributed by atoms with Gasteiger partial charge in [-0.2, -0.15) is 0 Å². The van der Waals surface area contributed by atoms with Crippen LogP contribution in [0.4, 0.5) is 0 Å². The molecule has 3 saturated heterocycles. The summed E-state index contributed by atoms with van der Waals surface area (Å²) in [6, 6.07) is -0.0502. The Labute approximate surface area is 202 Å². The molecule has 2 amide bonds. The van der Waals surface area contributed by atoms with Crippen LogP contribution in [0, 0.1) is 5.92 Å². The van der Waals surface area contributed by atoms with Crippen LogP contribution in [0.3, 0.4) is 0 Å². The lowest BCUT2D eigenvalue weighted by Gasteiger charge is -2.39. The van der Waals surface area contributed by atoms with E-state index >= 15 is 0 Å². The average molecular weight is 477 g/mol. The summed E-state index contributed by atoms with van der Waals surface area (Å²) in [5, 5.41) is 2.95. The molecule has 0 aromatic rings. The van der Waals surface area contributed by atoms with Gasteiger partial charge in [0.05, 0.1) is 43.2 Å². The summed E-state index contributed by atoms with van der Waals surface area (Å²) < 4.78 is 17.6. The van der Waals surface area contributed by atoms with Crippen molar-refractivity contribution in [2.45, 2.75) is 90.3 Å². The van der Waals surface area contributed by atoms with Crippen molar-refractivity contribution in [3.05, 3.63) is 36.0 Å². The summed E-state index contributed by atoms with van der Waals surface area (Å²) in [5.41, 5.74) is 5.77. The second kappa shape index (κ2) is 13.0. The van der Waals surface area contributed by atoms with Crippen molar-refractivity contribution in [1.29, 1.82) is 0 Å². The van der Waals surface area contributed by atoms with Crippen LogP contribution in [0.2, 0.25) is 0 Å². The predicted molar refractivity (Wildman–Crippen MR) is 130 cm³/mol. The highest BCUT2D eigenvalue weighted by molar-refractivity contribution is 5.96. The van der Waals surface area contributed by atoms with Gasteiger partial charge in [0.25, 0.3) is 0 Å². The van der Waals surface area contributed by atoms with E-state index in [0.29, 0.717) is 5.92 Å². The van der Waals surface area contributed by atoms with E-state index < -0.39 is 0 Å². The van der Waals surface area contributed by atoms with Crippen LogP contribution in [0.15, 0.2) is 36.0 Å². The molecule has 3 fully saturated rings. The number of rotatable bonds is 7. The first kappa shape index (κ1) is 28.0. The summed E-state index contributed by atoms with van der Waals surface area (Å²) in [7, 11) is 0. The molecule has 0 saturated carbocycles. The third kappa shape index (κ3) is 9.91. The van der Waals surface area contributed by atoms with Crippen molar-refractivity contribution in [1.82, 2.24) is 5.32 Å². The number of nitrogens with one attached hydrogen (secondary N) is 1. The first-order chi connectivity index (χ1) is 16.0. The first-order valence-electron chi connectivity index (χ1n) is 12.0. The molecule has 190 valence electrons. The predicted octanol–water partition coefficient (Wildman–Crippen LogP) is 2.76. The summed E-state index contributed by atoms with van der Waals surface area (Å²) in [6.45, 7) is 10.6. The first-order valence-corrected chi connectivity index (χ1v) is 12.0. The Balaban J connectivity index is 0.000000945. The largest absolute Gasteiger partial charge is 0.374 e. The van der Waals surface area contributed by atoms with Gasteiger partial charge in [-0.05, 0) is 45.6 Å². The van der Waals surface area contributed by atoms with Crippen LogP contribution in [-0.4, -0.2) is 60.8 Å². The fraction of sp³-hybridized carbons (Fsp3) is 0.654. The van der Waals surface area contributed by atoms with Gasteiger partial charge in [0.15, 0.2) is 5.78 Å². The van der Waals surface area contributed by atoms with Crippen molar-refractivity contribution in [2.24, 2.45) is 11.7 Å². The molecule has 3 N–H and O–H groups in total. The quantitative estimate of drug-likeness (QED) is 0.331. The van der Waals surface area contributed by atoms with Crippen molar-refractivity contribution >= 4 is 17.6 Å². The zero-order valence-electron chi connectivity index (χ0n) is 21.0. The minimum atomic E-state index is -0.333. The normalized spacial score (nSPS) is 33.4. The number of hydrogen-bond donors (Lipinski definition) is 2. The summed E-state index contributed by atoms with van der Waals surface area (Å²) in [4.78, 5) is 32.2. The Morgan fingerprint density at radius 1 is 1.12 bits per heavy atom. The maximum Gasteiger partial charge on any atom is 0.244 e. The Morgan fingerprint density at radius 2 is 1.79 bits per heavy atom. The number of primary amides is 1. The second-order valence-electron chi connectivity index (χ2n) is 9.64. The molecular weight excluding hydrogens is 436 g/mol. The topological polar surface area (TPSA) is 120 Å².